The molecule has 0 radical (unpaired) electrons. The maximum atomic E-state index is 5.89. The lowest BCUT2D eigenvalue weighted by Crippen LogP contribution is -2.22. The molecule has 0 bridgehead atoms. The van der Waals surface area contributed by atoms with Crippen LogP contribution < -0.4 is 5.73 Å². The molecule has 0 saturated heterocycles. The molecule has 1 saturated carbocycles. The second kappa shape index (κ2) is 5.43. The first-order valence-electron chi connectivity index (χ1n) is 7.60. The van der Waals surface area contributed by atoms with Crippen molar-refractivity contribution in [3.05, 3.63) is 36.2 Å². The summed E-state index contributed by atoms with van der Waals surface area (Å²) in [5.41, 5.74) is 7.33. The standard InChI is InChI=1S/C17H22N4/c1-17(2)10-8-13(9-11-17)15-19-14(20-16(18)21-15)12-6-4-3-5-7-12/h3-7,13H,8-11H2,1-2H3,(H2,18,19,20,21). The summed E-state index contributed by atoms with van der Waals surface area (Å²) < 4.78 is 0. The molecule has 0 amide bonds. The fourth-order valence-corrected chi connectivity index (χ4v) is 2.97. The van der Waals surface area contributed by atoms with Crippen LogP contribution in [-0.4, -0.2) is 15.0 Å². The smallest absolute Gasteiger partial charge is 0.223 e. The molecule has 3 rings (SSSR count). The van der Waals surface area contributed by atoms with Crippen molar-refractivity contribution in [2.45, 2.75) is 45.4 Å². The van der Waals surface area contributed by atoms with Crippen LogP contribution in [0, 0.1) is 5.41 Å². The lowest BCUT2D eigenvalue weighted by Gasteiger charge is -2.33. The predicted molar refractivity (Wildman–Crippen MR) is 84.7 cm³/mol. The Bertz CT molecular complexity index is 612. The normalized spacial score (nSPS) is 18.6. The first kappa shape index (κ1) is 14.0. The highest BCUT2D eigenvalue weighted by Gasteiger charge is 2.29. The molecule has 1 aliphatic carbocycles. The molecule has 21 heavy (non-hydrogen) atoms. The van der Waals surface area contributed by atoms with E-state index in [0.29, 0.717) is 23.1 Å². The van der Waals surface area contributed by atoms with Gasteiger partial charge >= 0.3 is 0 Å². The van der Waals surface area contributed by atoms with Crippen LogP contribution in [0.25, 0.3) is 11.4 Å². The molecular weight excluding hydrogens is 260 g/mol. The molecule has 2 N–H and O–H groups in total. The molecule has 0 atom stereocenters. The Morgan fingerprint density at radius 3 is 2.33 bits per heavy atom. The molecule has 4 heteroatoms. The highest BCUT2D eigenvalue weighted by Crippen LogP contribution is 2.41. The summed E-state index contributed by atoms with van der Waals surface area (Å²) in [5.74, 6) is 2.27. The van der Waals surface area contributed by atoms with Gasteiger partial charge in [-0.1, -0.05) is 44.2 Å². The van der Waals surface area contributed by atoms with Crippen LogP contribution in [0.1, 0.15) is 51.3 Å². The van der Waals surface area contributed by atoms with Crippen LogP contribution >= 0.6 is 0 Å². The highest BCUT2D eigenvalue weighted by atomic mass is 15.1. The Hall–Kier alpha value is -1.97. The van der Waals surface area contributed by atoms with E-state index in [1.807, 2.05) is 30.3 Å². The summed E-state index contributed by atoms with van der Waals surface area (Å²) in [6.45, 7) is 4.67. The fourth-order valence-electron chi connectivity index (χ4n) is 2.97. The summed E-state index contributed by atoms with van der Waals surface area (Å²) in [5, 5.41) is 0. The van der Waals surface area contributed by atoms with Gasteiger partial charge in [0.15, 0.2) is 5.82 Å². The van der Waals surface area contributed by atoms with E-state index in [9.17, 15) is 0 Å². The van der Waals surface area contributed by atoms with Crippen LogP contribution in [0.5, 0.6) is 0 Å². The largest absolute Gasteiger partial charge is 0.368 e. The van der Waals surface area contributed by atoms with E-state index < -0.39 is 0 Å². The second-order valence-corrected chi connectivity index (χ2v) is 6.68. The van der Waals surface area contributed by atoms with Gasteiger partial charge in [-0.15, -0.1) is 0 Å². The van der Waals surface area contributed by atoms with Crippen LogP contribution in [0.3, 0.4) is 0 Å². The molecule has 1 aliphatic rings. The second-order valence-electron chi connectivity index (χ2n) is 6.68. The molecule has 1 aromatic heterocycles. The van der Waals surface area contributed by atoms with Gasteiger partial charge in [-0.2, -0.15) is 9.97 Å². The van der Waals surface area contributed by atoms with Crippen molar-refractivity contribution < 1.29 is 0 Å². The molecule has 0 spiro atoms. The van der Waals surface area contributed by atoms with Crippen molar-refractivity contribution in [1.29, 1.82) is 0 Å². The lowest BCUT2D eigenvalue weighted by molar-refractivity contribution is 0.221. The molecule has 0 unspecified atom stereocenters. The molecule has 1 fully saturated rings. The highest BCUT2D eigenvalue weighted by molar-refractivity contribution is 5.55. The van der Waals surface area contributed by atoms with Crippen LogP contribution in [0.2, 0.25) is 0 Å². The van der Waals surface area contributed by atoms with Crippen LogP contribution in [0.15, 0.2) is 30.3 Å². The van der Waals surface area contributed by atoms with Crippen LogP contribution in [0.4, 0.5) is 5.95 Å². The van der Waals surface area contributed by atoms with E-state index in [1.54, 1.807) is 0 Å². The number of anilines is 1. The van der Waals surface area contributed by atoms with E-state index in [1.165, 1.54) is 12.8 Å². The quantitative estimate of drug-likeness (QED) is 0.909. The molecule has 110 valence electrons. The van der Waals surface area contributed by atoms with Gasteiger partial charge in [-0.3, -0.25) is 0 Å². The summed E-state index contributed by atoms with van der Waals surface area (Å²) in [6.07, 6.45) is 4.68. The zero-order valence-electron chi connectivity index (χ0n) is 12.7. The maximum Gasteiger partial charge on any atom is 0.223 e. The average molecular weight is 282 g/mol. The number of aromatic nitrogens is 3. The van der Waals surface area contributed by atoms with Gasteiger partial charge < -0.3 is 5.73 Å². The molecule has 4 nitrogen and oxygen atoms in total. The zero-order chi connectivity index (χ0) is 14.9. The third kappa shape index (κ3) is 3.20. The molecule has 1 aromatic carbocycles. The van der Waals surface area contributed by atoms with Gasteiger partial charge in [0.2, 0.25) is 5.95 Å². The zero-order valence-corrected chi connectivity index (χ0v) is 12.7. The average Bonchev–Trinajstić information content (AvgIpc) is 2.47. The fraction of sp³-hybridized carbons (Fsp3) is 0.471. The van der Waals surface area contributed by atoms with Gasteiger partial charge in [0.25, 0.3) is 0 Å². The first-order chi connectivity index (χ1) is 10.0. The summed E-state index contributed by atoms with van der Waals surface area (Å²) in [4.78, 5) is 13.3. The number of benzene rings is 1. The van der Waals surface area contributed by atoms with Crippen LogP contribution in [-0.2, 0) is 0 Å². The minimum absolute atomic E-state index is 0.323. The third-order valence-electron chi connectivity index (χ3n) is 4.41. The number of nitrogen functional groups attached to an aromatic ring is 1. The van der Waals surface area contributed by atoms with Gasteiger partial charge in [-0.25, -0.2) is 4.98 Å². The molecule has 1 heterocycles. The Labute approximate surface area is 125 Å². The van der Waals surface area contributed by atoms with E-state index in [2.05, 4.69) is 28.8 Å². The summed E-state index contributed by atoms with van der Waals surface area (Å²) in [7, 11) is 0. The van der Waals surface area contributed by atoms with Gasteiger partial charge in [0, 0.05) is 11.5 Å². The Morgan fingerprint density at radius 1 is 1.00 bits per heavy atom. The summed E-state index contributed by atoms with van der Waals surface area (Å²) in [6, 6.07) is 9.96. The van der Waals surface area contributed by atoms with Crippen molar-refractivity contribution in [3.8, 4) is 11.4 Å². The van der Waals surface area contributed by atoms with E-state index in [-0.39, 0.29) is 0 Å². The van der Waals surface area contributed by atoms with Gasteiger partial charge in [0.05, 0.1) is 0 Å². The minimum atomic E-state index is 0.323. The SMILES string of the molecule is CC1(C)CCC(c2nc(N)nc(-c3ccccc3)n2)CC1. The van der Waals surface area contributed by atoms with Crippen molar-refractivity contribution in [1.82, 2.24) is 15.0 Å². The van der Waals surface area contributed by atoms with Gasteiger partial charge in [-0.05, 0) is 31.1 Å². The van der Waals surface area contributed by atoms with Crippen molar-refractivity contribution in [3.63, 3.8) is 0 Å². The number of nitrogens with zero attached hydrogens (tertiary/aromatic N) is 3. The molecule has 0 aliphatic heterocycles. The monoisotopic (exact) mass is 282 g/mol. The molecule has 2 aromatic rings. The predicted octanol–water partition coefficient (Wildman–Crippen LogP) is 3.80. The van der Waals surface area contributed by atoms with Crippen molar-refractivity contribution in [2.24, 2.45) is 5.41 Å². The minimum Gasteiger partial charge on any atom is -0.368 e. The first-order valence-corrected chi connectivity index (χ1v) is 7.60. The number of nitrogens with two attached hydrogens (primary N) is 1. The maximum absolute atomic E-state index is 5.89. The Morgan fingerprint density at radius 2 is 1.67 bits per heavy atom. The van der Waals surface area contributed by atoms with Gasteiger partial charge in [0.1, 0.15) is 5.82 Å². The lowest BCUT2D eigenvalue weighted by atomic mass is 9.73. The van der Waals surface area contributed by atoms with Crippen molar-refractivity contribution in [2.75, 3.05) is 5.73 Å². The summed E-state index contributed by atoms with van der Waals surface area (Å²) >= 11 is 0. The van der Waals surface area contributed by atoms with E-state index >= 15 is 0 Å². The number of rotatable bonds is 2. The topological polar surface area (TPSA) is 64.7 Å². The van der Waals surface area contributed by atoms with E-state index in [4.69, 9.17) is 5.73 Å². The Balaban J connectivity index is 1.89. The Kier molecular flexibility index (Phi) is 3.62. The number of hydrogen-bond donors (Lipinski definition) is 1. The number of hydrogen-bond acceptors (Lipinski definition) is 4. The van der Waals surface area contributed by atoms with E-state index in [0.717, 1.165) is 24.2 Å². The third-order valence-corrected chi connectivity index (χ3v) is 4.41. The van der Waals surface area contributed by atoms with Crippen molar-refractivity contribution >= 4 is 5.95 Å². The molecular formula is C17H22N4.